The number of aromatic nitrogens is 3. The second-order valence-corrected chi connectivity index (χ2v) is 5.12. The van der Waals surface area contributed by atoms with Gasteiger partial charge in [0, 0.05) is 5.69 Å². The van der Waals surface area contributed by atoms with Gasteiger partial charge in [0.2, 0.25) is 0 Å². The molecule has 2 aromatic rings. The summed E-state index contributed by atoms with van der Waals surface area (Å²) in [6.07, 6.45) is 3.01. The number of H-pyrrole nitrogens is 1. The Bertz CT molecular complexity index is 710. The molecule has 7 nitrogen and oxygen atoms in total. The minimum atomic E-state index is -0.523. The number of ether oxygens (including phenoxy) is 1. The molecule has 0 aliphatic carbocycles. The van der Waals surface area contributed by atoms with Crippen molar-refractivity contribution in [3.8, 4) is 0 Å². The topological polar surface area (TPSA) is 97.0 Å². The first kappa shape index (κ1) is 16.7. The summed E-state index contributed by atoms with van der Waals surface area (Å²) in [5.74, 6) is 0.0448. The molecule has 23 heavy (non-hydrogen) atoms. The quantitative estimate of drug-likeness (QED) is 0.602. The number of hydrogen-bond acceptors (Lipinski definition) is 6. The highest BCUT2D eigenvalue weighted by atomic mass is 16.5. The predicted octanol–water partition coefficient (Wildman–Crippen LogP) is 2.56. The lowest BCUT2D eigenvalue weighted by molar-refractivity contribution is 0.0498. The number of carbonyl (C=O) groups excluding carboxylic acids is 1. The number of anilines is 2. The number of nitrogens with one attached hydrogen (secondary N) is 2. The van der Waals surface area contributed by atoms with E-state index in [1.54, 1.807) is 31.2 Å². The van der Waals surface area contributed by atoms with Crippen molar-refractivity contribution >= 4 is 17.5 Å². The number of unbranched alkanes of at least 4 members (excludes halogenated alkanes) is 2. The summed E-state index contributed by atoms with van der Waals surface area (Å²) in [6, 6.07) is 6.79. The minimum absolute atomic E-state index is 0.334. The van der Waals surface area contributed by atoms with Crippen LogP contribution in [0.25, 0.3) is 0 Å². The van der Waals surface area contributed by atoms with Gasteiger partial charge in [-0.15, -0.1) is 0 Å². The van der Waals surface area contributed by atoms with Crippen molar-refractivity contribution in [2.75, 3.05) is 11.9 Å². The Morgan fingerprint density at radius 2 is 2.00 bits per heavy atom. The van der Waals surface area contributed by atoms with Crippen molar-refractivity contribution in [2.45, 2.75) is 33.1 Å². The maximum atomic E-state index is 11.9. The lowest BCUT2D eigenvalue weighted by atomic mass is 10.2. The molecule has 0 fully saturated rings. The molecule has 7 heteroatoms. The monoisotopic (exact) mass is 316 g/mol. The van der Waals surface area contributed by atoms with E-state index in [9.17, 15) is 9.59 Å². The highest BCUT2D eigenvalue weighted by molar-refractivity contribution is 5.89. The van der Waals surface area contributed by atoms with Crippen molar-refractivity contribution in [3.63, 3.8) is 0 Å². The van der Waals surface area contributed by atoms with E-state index in [1.807, 2.05) is 0 Å². The van der Waals surface area contributed by atoms with Crippen LogP contribution in [0.5, 0.6) is 0 Å². The summed E-state index contributed by atoms with van der Waals surface area (Å²) >= 11 is 0. The predicted molar refractivity (Wildman–Crippen MR) is 86.9 cm³/mol. The molecule has 1 heterocycles. The second kappa shape index (κ2) is 8.07. The molecule has 0 saturated carbocycles. The average Bonchev–Trinajstić information content (AvgIpc) is 2.55. The number of hydrogen-bond donors (Lipinski definition) is 2. The fourth-order valence-corrected chi connectivity index (χ4v) is 1.94. The SMILES string of the molecule is CCCCCOC(=O)c1ccc(Nc2nc(=O)[nH]nc2C)cc1. The van der Waals surface area contributed by atoms with Crippen molar-refractivity contribution < 1.29 is 9.53 Å². The molecule has 0 amide bonds. The molecule has 0 aliphatic heterocycles. The lowest BCUT2D eigenvalue weighted by Crippen LogP contribution is -2.15. The van der Waals surface area contributed by atoms with Crippen molar-refractivity contribution in [1.82, 2.24) is 15.2 Å². The second-order valence-electron chi connectivity index (χ2n) is 5.12. The van der Waals surface area contributed by atoms with Crippen LogP contribution in [-0.2, 0) is 4.74 Å². The average molecular weight is 316 g/mol. The number of carbonyl (C=O) groups is 1. The van der Waals surface area contributed by atoms with E-state index in [2.05, 4.69) is 27.4 Å². The van der Waals surface area contributed by atoms with Crippen LogP contribution in [0.3, 0.4) is 0 Å². The summed E-state index contributed by atoms with van der Waals surface area (Å²) in [5.41, 5.74) is 1.24. The van der Waals surface area contributed by atoms with Gasteiger partial charge in [0.15, 0.2) is 5.82 Å². The molecule has 0 bridgehead atoms. The number of benzene rings is 1. The Morgan fingerprint density at radius 3 is 2.70 bits per heavy atom. The van der Waals surface area contributed by atoms with Gasteiger partial charge in [-0.05, 0) is 37.6 Å². The third-order valence-electron chi connectivity index (χ3n) is 3.24. The van der Waals surface area contributed by atoms with Crippen molar-refractivity contribution in [2.24, 2.45) is 0 Å². The fraction of sp³-hybridized carbons (Fsp3) is 0.375. The van der Waals surface area contributed by atoms with Gasteiger partial charge in [-0.2, -0.15) is 10.1 Å². The minimum Gasteiger partial charge on any atom is -0.462 e. The first-order valence-electron chi connectivity index (χ1n) is 7.57. The van der Waals surface area contributed by atoms with E-state index < -0.39 is 5.69 Å². The zero-order valence-electron chi connectivity index (χ0n) is 13.3. The summed E-state index contributed by atoms with van der Waals surface area (Å²) in [4.78, 5) is 26.9. The fourth-order valence-electron chi connectivity index (χ4n) is 1.94. The number of aromatic amines is 1. The van der Waals surface area contributed by atoms with Crippen LogP contribution in [0, 0.1) is 6.92 Å². The van der Waals surface area contributed by atoms with Crippen LogP contribution in [-0.4, -0.2) is 27.8 Å². The maximum absolute atomic E-state index is 11.9. The summed E-state index contributed by atoms with van der Waals surface area (Å²) in [5, 5.41) is 9.09. The lowest BCUT2D eigenvalue weighted by Gasteiger charge is -2.08. The standard InChI is InChI=1S/C16H20N4O3/c1-3-4-5-10-23-15(21)12-6-8-13(9-7-12)17-14-11(2)19-20-16(22)18-14/h6-9H,3-5,10H2,1-2H3,(H2,17,18,20,22). The molecule has 0 saturated heterocycles. The summed E-state index contributed by atoms with van der Waals surface area (Å²) in [6.45, 7) is 4.27. The molecule has 0 atom stereocenters. The summed E-state index contributed by atoms with van der Waals surface area (Å²) < 4.78 is 5.20. The normalized spacial score (nSPS) is 10.3. The van der Waals surface area contributed by atoms with Gasteiger partial charge in [-0.25, -0.2) is 14.7 Å². The zero-order valence-corrected chi connectivity index (χ0v) is 13.3. The molecule has 0 aliphatic rings. The van der Waals surface area contributed by atoms with Gasteiger partial charge < -0.3 is 10.1 Å². The van der Waals surface area contributed by atoms with Gasteiger partial charge in [0.25, 0.3) is 0 Å². The van der Waals surface area contributed by atoms with Crippen LogP contribution in [0.15, 0.2) is 29.1 Å². The first-order valence-corrected chi connectivity index (χ1v) is 7.57. The van der Waals surface area contributed by atoms with Gasteiger partial charge in [-0.1, -0.05) is 19.8 Å². The Balaban J connectivity index is 1.97. The number of esters is 1. The molecule has 2 N–H and O–H groups in total. The van der Waals surface area contributed by atoms with Crippen LogP contribution >= 0.6 is 0 Å². The van der Waals surface area contributed by atoms with Crippen LogP contribution in [0.2, 0.25) is 0 Å². The maximum Gasteiger partial charge on any atom is 0.363 e. The molecule has 1 aromatic heterocycles. The Labute approximate surface area is 134 Å². The van der Waals surface area contributed by atoms with Crippen LogP contribution < -0.4 is 11.0 Å². The molecule has 122 valence electrons. The molecular formula is C16H20N4O3. The van der Waals surface area contributed by atoms with Gasteiger partial charge in [-0.3, -0.25) is 0 Å². The van der Waals surface area contributed by atoms with E-state index >= 15 is 0 Å². The van der Waals surface area contributed by atoms with Gasteiger partial charge in [0.1, 0.15) is 5.69 Å². The van der Waals surface area contributed by atoms with E-state index in [-0.39, 0.29) is 5.97 Å². The van der Waals surface area contributed by atoms with E-state index in [1.165, 1.54) is 0 Å². The number of aryl methyl sites for hydroxylation is 1. The van der Waals surface area contributed by atoms with Gasteiger partial charge >= 0.3 is 11.7 Å². The third kappa shape index (κ3) is 4.91. The van der Waals surface area contributed by atoms with Crippen molar-refractivity contribution in [3.05, 3.63) is 46.0 Å². The Morgan fingerprint density at radius 1 is 1.26 bits per heavy atom. The highest BCUT2D eigenvalue weighted by Crippen LogP contribution is 2.16. The van der Waals surface area contributed by atoms with Crippen molar-refractivity contribution in [1.29, 1.82) is 0 Å². The highest BCUT2D eigenvalue weighted by Gasteiger charge is 2.08. The van der Waals surface area contributed by atoms with Crippen LogP contribution in [0.4, 0.5) is 11.5 Å². The number of rotatable bonds is 7. The molecule has 0 spiro atoms. The molecule has 2 rings (SSSR count). The molecule has 1 aromatic carbocycles. The largest absolute Gasteiger partial charge is 0.462 e. The zero-order chi connectivity index (χ0) is 16.7. The molecular weight excluding hydrogens is 296 g/mol. The number of nitrogens with zero attached hydrogens (tertiary/aromatic N) is 2. The molecule has 0 radical (unpaired) electrons. The Kier molecular flexibility index (Phi) is 5.85. The molecule has 0 unspecified atom stereocenters. The smallest absolute Gasteiger partial charge is 0.363 e. The van der Waals surface area contributed by atoms with E-state index in [0.29, 0.717) is 29.4 Å². The van der Waals surface area contributed by atoms with E-state index in [0.717, 1.165) is 19.3 Å². The first-order chi connectivity index (χ1) is 11.1. The summed E-state index contributed by atoms with van der Waals surface area (Å²) in [7, 11) is 0. The Hall–Kier alpha value is -2.70. The third-order valence-corrected chi connectivity index (χ3v) is 3.24. The van der Waals surface area contributed by atoms with Gasteiger partial charge in [0.05, 0.1) is 12.2 Å². The van der Waals surface area contributed by atoms with Crippen LogP contribution in [0.1, 0.15) is 42.2 Å². The van der Waals surface area contributed by atoms with E-state index in [4.69, 9.17) is 4.74 Å².